The molecule has 1 heterocycles. The van der Waals surface area contributed by atoms with Gasteiger partial charge >= 0.3 is 0 Å². The van der Waals surface area contributed by atoms with Gasteiger partial charge in [-0.05, 0) is 31.4 Å². The Labute approximate surface area is 115 Å². The lowest BCUT2D eigenvalue weighted by Crippen LogP contribution is -2.36. The summed E-state index contributed by atoms with van der Waals surface area (Å²) >= 11 is 0. The van der Waals surface area contributed by atoms with E-state index in [1.54, 1.807) is 0 Å². The zero-order valence-electron chi connectivity index (χ0n) is 11.6. The number of nitrogen functional groups attached to an aromatic ring is 1. The SMILES string of the molecule is CCOC1CCN(Cc2cccc(C(=N)N)c2)CC1. The lowest BCUT2D eigenvalue weighted by atomic mass is 10.1. The van der Waals surface area contributed by atoms with Gasteiger partial charge < -0.3 is 10.5 Å². The summed E-state index contributed by atoms with van der Waals surface area (Å²) in [6.07, 6.45) is 2.66. The maximum Gasteiger partial charge on any atom is 0.122 e. The standard InChI is InChI=1S/C15H23N3O/c1-2-19-14-6-8-18(9-7-14)11-12-4-3-5-13(10-12)15(16)17/h3-5,10,14H,2,6-9,11H2,1H3,(H3,16,17). The molecule has 0 unspecified atom stereocenters. The van der Waals surface area contributed by atoms with E-state index in [9.17, 15) is 0 Å². The van der Waals surface area contributed by atoms with Crippen LogP contribution in [-0.2, 0) is 11.3 Å². The van der Waals surface area contributed by atoms with Gasteiger partial charge in [0.15, 0.2) is 0 Å². The van der Waals surface area contributed by atoms with E-state index in [2.05, 4.69) is 17.9 Å². The molecule has 0 spiro atoms. The summed E-state index contributed by atoms with van der Waals surface area (Å²) in [4.78, 5) is 2.44. The fraction of sp³-hybridized carbons (Fsp3) is 0.533. The molecule has 4 nitrogen and oxygen atoms in total. The van der Waals surface area contributed by atoms with E-state index in [0.29, 0.717) is 6.10 Å². The van der Waals surface area contributed by atoms with Gasteiger partial charge in [0, 0.05) is 31.8 Å². The van der Waals surface area contributed by atoms with E-state index in [4.69, 9.17) is 15.9 Å². The van der Waals surface area contributed by atoms with Gasteiger partial charge in [-0.3, -0.25) is 10.3 Å². The van der Waals surface area contributed by atoms with Gasteiger partial charge in [0.05, 0.1) is 6.10 Å². The maximum absolute atomic E-state index is 7.47. The molecule has 0 saturated carbocycles. The number of amidine groups is 1. The first-order chi connectivity index (χ1) is 9.19. The molecule has 2 rings (SSSR count). The summed E-state index contributed by atoms with van der Waals surface area (Å²) in [6.45, 7) is 5.95. The second-order valence-corrected chi connectivity index (χ2v) is 5.04. The van der Waals surface area contributed by atoms with E-state index < -0.39 is 0 Å². The quantitative estimate of drug-likeness (QED) is 0.629. The van der Waals surface area contributed by atoms with Gasteiger partial charge in [0.2, 0.25) is 0 Å². The van der Waals surface area contributed by atoms with E-state index in [1.807, 2.05) is 18.2 Å². The topological polar surface area (TPSA) is 62.3 Å². The van der Waals surface area contributed by atoms with Gasteiger partial charge in [-0.15, -0.1) is 0 Å². The van der Waals surface area contributed by atoms with Crippen LogP contribution in [0.2, 0.25) is 0 Å². The Balaban J connectivity index is 1.88. The van der Waals surface area contributed by atoms with Crippen molar-refractivity contribution in [1.29, 1.82) is 5.41 Å². The molecule has 1 aliphatic heterocycles. The number of benzene rings is 1. The van der Waals surface area contributed by atoms with Crippen LogP contribution >= 0.6 is 0 Å². The lowest BCUT2D eigenvalue weighted by Gasteiger charge is -2.31. The number of nitrogens with two attached hydrogens (primary N) is 1. The summed E-state index contributed by atoms with van der Waals surface area (Å²) < 4.78 is 5.66. The molecule has 0 aliphatic carbocycles. The highest BCUT2D eigenvalue weighted by Gasteiger charge is 2.19. The Morgan fingerprint density at radius 3 is 2.79 bits per heavy atom. The molecule has 1 fully saturated rings. The van der Waals surface area contributed by atoms with Crippen LogP contribution < -0.4 is 5.73 Å². The predicted octanol–water partition coefficient (Wildman–Crippen LogP) is 1.97. The summed E-state index contributed by atoms with van der Waals surface area (Å²) in [7, 11) is 0. The number of nitrogens with zero attached hydrogens (tertiary/aromatic N) is 1. The van der Waals surface area contributed by atoms with Gasteiger partial charge in [0.25, 0.3) is 0 Å². The Morgan fingerprint density at radius 2 is 2.16 bits per heavy atom. The lowest BCUT2D eigenvalue weighted by molar-refractivity contribution is 0.0125. The average Bonchev–Trinajstić information content (AvgIpc) is 2.42. The number of likely N-dealkylation sites (tertiary alicyclic amines) is 1. The maximum atomic E-state index is 7.47. The minimum Gasteiger partial charge on any atom is -0.384 e. The van der Waals surface area contributed by atoms with Crippen LogP contribution in [0.1, 0.15) is 30.9 Å². The van der Waals surface area contributed by atoms with Crippen molar-refractivity contribution < 1.29 is 4.74 Å². The molecule has 19 heavy (non-hydrogen) atoms. The van der Waals surface area contributed by atoms with Crippen molar-refractivity contribution >= 4 is 5.84 Å². The first-order valence-corrected chi connectivity index (χ1v) is 6.96. The van der Waals surface area contributed by atoms with E-state index >= 15 is 0 Å². The van der Waals surface area contributed by atoms with Crippen molar-refractivity contribution in [1.82, 2.24) is 4.90 Å². The second-order valence-electron chi connectivity index (χ2n) is 5.04. The van der Waals surface area contributed by atoms with Crippen molar-refractivity contribution in [3.05, 3.63) is 35.4 Å². The van der Waals surface area contributed by atoms with Crippen molar-refractivity contribution in [2.45, 2.75) is 32.4 Å². The highest BCUT2D eigenvalue weighted by molar-refractivity contribution is 5.95. The monoisotopic (exact) mass is 261 g/mol. The largest absolute Gasteiger partial charge is 0.384 e. The van der Waals surface area contributed by atoms with Crippen LogP contribution in [-0.4, -0.2) is 36.5 Å². The third-order valence-corrected chi connectivity index (χ3v) is 3.58. The van der Waals surface area contributed by atoms with Crippen LogP contribution in [0.4, 0.5) is 0 Å². The molecule has 1 aromatic rings. The van der Waals surface area contributed by atoms with E-state index in [0.717, 1.165) is 44.6 Å². The zero-order valence-corrected chi connectivity index (χ0v) is 11.6. The third-order valence-electron chi connectivity index (χ3n) is 3.58. The van der Waals surface area contributed by atoms with Gasteiger partial charge in [-0.2, -0.15) is 0 Å². The fourth-order valence-corrected chi connectivity index (χ4v) is 2.57. The van der Waals surface area contributed by atoms with Gasteiger partial charge in [-0.1, -0.05) is 18.2 Å². The smallest absolute Gasteiger partial charge is 0.122 e. The molecular formula is C15H23N3O. The number of ether oxygens (including phenoxy) is 1. The molecule has 1 aromatic carbocycles. The van der Waals surface area contributed by atoms with Crippen LogP contribution in [0, 0.1) is 5.41 Å². The predicted molar refractivity (Wildman–Crippen MR) is 77.4 cm³/mol. The molecule has 0 atom stereocenters. The molecule has 0 aromatic heterocycles. The normalized spacial score (nSPS) is 17.5. The molecule has 0 bridgehead atoms. The van der Waals surface area contributed by atoms with E-state index in [-0.39, 0.29) is 5.84 Å². The van der Waals surface area contributed by atoms with Crippen LogP contribution in [0.5, 0.6) is 0 Å². The average molecular weight is 261 g/mol. The van der Waals surface area contributed by atoms with Gasteiger partial charge in [-0.25, -0.2) is 0 Å². The molecule has 1 saturated heterocycles. The molecular weight excluding hydrogens is 238 g/mol. The van der Waals surface area contributed by atoms with Crippen LogP contribution in [0.3, 0.4) is 0 Å². The first-order valence-electron chi connectivity index (χ1n) is 6.96. The molecule has 4 heteroatoms. The number of piperidine rings is 1. The van der Waals surface area contributed by atoms with Crippen LogP contribution in [0.15, 0.2) is 24.3 Å². The second kappa shape index (κ2) is 6.68. The summed E-state index contributed by atoms with van der Waals surface area (Å²) in [5, 5.41) is 7.47. The highest BCUT2D eigenvalue weighted by atomic mass is 16.5. The number of hydrogen-bond acceptors (Lipinski definition) is 3. The third kappa shape index (κ3) is 4.04. The molecule has 0 radical (unpaired) electrons. The number of hydrogen-bond donors (Lipinski definition) is 2. The Bertz CT molecular complexity index is 425. The fourth-order valence-electron chi connectivity index (χ4n) is 2.57. The van der Waals surface area contributed by atoms with E-state index in [1.165, 1.54) is 5.56 Å². The summed E-state index contributed by atoms with van der Waals surface area (Å²) in [6, 6.07) is 7.96. The Hall–Kier alpha value is -1.39. The first kappa shape index (κ1) is 14.0. The summed E-state index contributed by atoms with van der Waals surface area (Å²) in [5.74, 6) is 0.136. The van der Waals surface area contributed by atoms with Crippen molar-refractivity contribution in [2.24, 2.45) is 5.73 Å². The zero-order chi connectivity index (χ0) is 13.7. The van der Waals surface area contributed by atoms with Gasteiger partial charge in [0.1, 0.15) is 5.84 Å². The molecule has 104 valence electrons. The molecule has 1 aliphatic rings. The number of rotatable bonds is 5. The highest BCUT2D eigenvalue weighted by Crippen LogP contribution is 2.16. The minimum atomic E-state index is 0.136. The van der Waals surface area contributed by atoms with Crippen molar-refractivity contribution in [3.8, 4) is 0 Å². The molecule has 3 N–H and O–H groups in total. The Kier molecular flexibility index (Phi) is 4.93. The summed E-state index contributed by atoms with van der Waals surface area (Å²) in [5.41, 5.74) is 7.55. The number of nitrogens with one attached hydrogen (secondary N) is 1. The minimum absolute atomic E-state index is 0.136. The Morgan fingerprint density at radius 1 is 1.42 bits per heavy atom. The van der Waals surface area contributed by atoms with Crippen LogP contribution in [0.25, 0.3) is 0 Å². The molecule has 0 amide bonds. The van der Waals surface area contributed by atoms with Crippen molar-refractivity contribution in [2.75, 3.05) is 19.7 Å². The van der Waals surface area contributed by atoms with Crippen molar-refractivity contribution in [3.63, 3.8) is 0 Å².